The molecule has 0 unspecified atom stereocenters. The number of rotatable bonds is 2. The molecule has 1 aliphatic carbocycles. The van der Waals surface area contributed by atoms with Gasteiger partial charge in [-0.2, -0.15) is 0 Å². The quantitative estimate of drug-likeness (QED) is 0.756. The van der Waals surface area contributed by atoms with Crippen LogP contribution in [0.5, 0.6) is 0 Å². The van der Waals surface area contributed by atoms with Gasteiger partial charge in [0.25, 0.3) is 0 Å². The number of fused-ring (bicyclic) bond motifs is 1. The van der Waals surface area contributed by atoms with Crippen LogP contribution in [0.4, 0.5) is 0 Å². The third-order valence-corrected chi connectivity index (χ3v) is 2.87. The van der Waals surface area contributed by atoms with E-state index in [9.17, 15) is 0 Å². The summed E-state index contributed by atoms with van der Waals surface area (Å²) in [5.41, 5.74) is 9.92. The maximum atomic E-state index is 5.47. The largest absolute Gasteiger partial charge is 0.327 e. The van der Waals surface area contributed by atoms with Gasteiger partial charge in [0.2, 0.25) is 0 Å². The zero-order chi connectivity index (χ0) is 9.80. The molecule has 0 atom stereocenters. The van der Waals surface area contributed by atoms with Crippen molar-refractivity contribution in [2.24, 2.45) is 5.73 Å². The van der Waals surface area contributed by atoms with E-state index in [2.05, 4.69) is 24.3 Å². The molecule has 0 heterocycles. The molecule has 0 saturated carbocycles. The summed E-state index contributed by atoms with van der Waals surface area (Å²) in [7, 11) is 0. The minimum absolute atomic E-state index is 0.629. The molecular formula is C13H17N. The van der Waals surface area contributed by atoms with E-state index in [0.717, 1.165) is 0 Å². The highest BCUT2D eigenvalue weighted by Crippen LogP contribution is 2.25. The Morgan fingerprint density at radius 1 is 1.21 bits per heavy atom. The molecule has 0 spiro atoms. The number of hydrogen-bond donors (Lipinski definition) is 1. The monoisotopic (exact) mass is 187 g/mol. The molecule has 0 amide bonds. The van der Waals surface area contributed by atoms with Gasteiger partial charge >= 0.3 is 0 Å². The van der Waals surface area contributed by atoms with E-state index in [-0.39, 0.29) is 0 Å². The molecule has 1 nitrogen and oxygen atoms in total. The Kier molecular flexibility index (Phi) is 3.00. The molecule has 2 rings (SSSR count). The summed E-state index contributed by atoms with van der Waals surface area (Å²) in [5.74, 6) is 0. The second-order valence-corrected chi connectivity index (χ2v) is 3.83. The van der Waals surface area contributed by atoms with E-state index in [1.54, 1.807) is 5.56 Å². The maximum absolute atomic E-state index is 5.47. The molecule has 0 saturated heterocycles. The van der Waals surface area contributed by atoms with Crippen molar-refractivity contribution >= 4 is 6.08 Å². The molecule has 1 heteroatoms. The lowest BCUT2D eigenvalue weighted by atomic mass is 9.88. The number of benzene rings is 1. The van der Waals surface area contributed by atoms with Gasteiger partial charge in [0.05, 0.1) is 0 Å². The molecule has 0 bridgehead atoms. The first-order valence-corrected chi connectivity index (χ1v) is 5.39. The van der Waals surface area contributed by atoms with Crippen molar-refractivity contribution in [1.29, 1.82) is 0 Å². The Balaban J connectivity index is 2.35. The van der Waals surface area contributed by atoms with Gasteiger partial charge in [-0.3, -0.25) is 0 Å². The van der Waals surface area contributed by atoms with Crippen LogP contribution in [0.1, 0.15) is 29.5 Å². The Morgan fingerprint density at radius 2 is 2.07 bits per heavy atom. The van der Waals surface area contributed by atoms with E-state index in [4.69, 9.17) is 5.73 Å². The smallest absolute Gasteiger partial charge is 0.0110 e. The maximum Gasteiger partial charge on any atom is 0.0110 e. The minimum Gasteiger partial charge on any atom is -0.327 e. The Labute approximate surface area is 85.6 Å². The molecule has 0 fully saturated rings. The summed E-state index contributed by atoms with van der Waals surface area (Å²) in [6.07, 6.45) is 9.35. The number of nitrogens with two attached hydrogens (primary N) is 1. The molecule has 1 aromatic carbocycles. The van der Waals surface area contributed by atoms with Crippen molar-refractivity contribution in [1.82, 2.24) is 0 Å². The molecule has 0 radical (unpaired) electrons. The van der Waals surface area contributed by atoms with Gasteiger partial charge in [0, 0.05) is 6.54 Å². The first-order valence-electron chi connectivity index (χ1n) is 5.39. The van der Waals surface area contributed by atoms with E-state index < -0.39 is 0 Å². The van der Waals surface area contributed by atoms with Crippen molar-refractivity contribution in [2.75, 3.05) is 6.54 Å². The van der Waals surface area contributed by atoms with Gasteiger partial charge in [0.15, 0.2) is 0 Å². The summed E-state index contributed by atoms with van der Waals surface area (Å²) in [6, 6.07) is 6.60. The normalized spacial score (nSPS) is 15.8. The highest BCUT2D eigenvalue weighted by molar-refractivity contribution is 5.56. The summed E-state index contributed by atoms with van der Waals surface area (Å²) in [4.78, 5) is 0. The Hall–Kier alpha value is -1.08. The van der Waals surface area contributed by atoms with Crippen molar-refractivity contribution in [3.63, 3.8) is 0 Å². The van der Waals surface area contributed by atoms with Crippen molar-refractivity contribution in [3.05, 3.63) is 41.0 Å². The van der Waals surface area contributed by atoms with Gasteiger partial charge in [-0.25, -0.2) is 0 Å². The third-order valence-electron chi connectivity index (χ3n) is 2.87. The lowest BCUT2D eigenvalue weighted by Gasteiger charge is -2.17. The van der Waals surface area contributed by atoms with Gasteiger partial charge < -0.3 is 5.73 Å². The number of hydrogen-bond acceptors (Lipinski definition) is 1. The summed E-state index contributed by atoms with van der Waals surface area (Å²) in [6.45, 7) is 0.629. The number of aryl methyl sites for hydroxylation is 1. The molecule has 1 aromatic rings. The molecule has 2 N–H and O–H groups in total. The topological polar surface area (TPSA) is 26.0 Å². The van der Waals surface area contributed by atoms with Crippen LogP contribution in [-0.2, 0) is 12.8 Å². The van der Waals surface area contributed by atoms with E-state index in [1.165, 1.54) is 36.8 Å². The predicted octanol–water partition coefficient (Wildman–Crippen LogP) is 2.54. The minimum atomic E-state index is 0.629. The lowest BCUT2D eigenvalue weighted by molar-refractivity contribution is 0.684. The second-order valence-electron chi connectivity index (χ2n) is 3.83. The van der Waals surface area contributed by atoms with Crippen molar-refractivity contribution in [2.45, 2.75) is 25.7 Å². The third kappa shape index (κ3) is 1.88. The summed E-state index contributed by atoms with van der Waals surface area (Å²) >= 11 is 0. The van der Waals surface area contributed by atoms with Crippen LogP contribution in [-0.4, -0.2) is 6.54 Å². The first-order chi connectivity index (χ1) is 6.92. The Morgan fingerprint density at radius 3 is 2.93 bits per heavy atom. The molecule has 0 aromatic heterocycles. The first kappa shape index (κ1) is 9.47. The molecular weight excluding hydrogens is 170 g/mol. The average Bonchev–Trinajstić information content (AvgIpc) is 2.26. The zero-order valence-corrected chi connectivity index (χ0v) is 8.50. The Bertz CT molecular complexity index is 339. The molecule has 14 heavy (non-hydrogen) atoms. The highest BCUT2D eigenvalue weighted by atomic mass is 14.5. The summed E-state index contributed by atoms with van der Waals surface area (Å²) in [5, 5.41) is 0. The zero-order valence-electron chi connectivity index (χ0n) is 8.50. The van der Waals surface area contributed by atoms with Crippen molar-refractivity contribution in [3.8, 4) is 0 Å². The predicted molar refractivity (Wildman–Crippen MR) is 61.2 cm³/mol. The fourth-order valence-electron chi connectivity index (χ4n) is 2.16. The SMILES string of the molecule is NC/C=C/c1cccc2c1CCCC2. The fraction of sp³-hybridized carbons (Fsp3) is 0.385. The average molecular weight is 187 g/mol. The fourth-order valence-corrected chi connectivity index (χ4v) is 2.16. The standard InChI is InChI=1S/C13H17N/c14-10-4-8-12-7-3-6-11-5-1-2-9-13(11)12/h3-4,6-8H,1-2,5,9-10,14H2/b8-4+. The van der Waals surface area contributed by atoms with E-state index in [1.807, 2.05) is 6.08 Å². The molecule has 1 aliphatic rings. The van der Waals surface area contributed by atoms with Crippen LogP contribution >= 0.6 is 0 Å². The van der Waals surface area contributed by atoms with Gasteiger partial charge in [0.1, 0.15) is 0 Å². The second kappa shape index (κ2) is 4.43. The highest BCUT2D eigenvalue weighted by Gasteiger charge is 2.10. The van der Waals surface area contributed by atoms with E-state index in [0.29, 0.717) is 6.54 Å². The molecule has 0 aliphatic heterocycles. The summed E-state index contributed by atoms with van der Waals surface area (Å²) < 4.78 is 0. The van der Waals surface area contributed by atoms with Crippen LogP contribution in [0.3, 0.4) is 0 Å². The van der Waals surface area contributed by atoms with Crippen LogP contribution < -0.4 is 5.73 Å². The van der Waals surface area contributed by atoms with Gasteiger partial charge in [-0.15, -0.1) is 0 Å². The van der Waals surface area contributed by atoms with Crippen LogP contribution in [0, 0.1) is 0 Å². The van der Waals surface area contributed by atoms with Crippen LogP contribution in [0.25, 0.3) is 6.08 Å². The van der Waals surface area contributed by atoms with Crippen LogP contribution in [0.2, 0.25) is 0 Å². The molecule has 74 valence electrons. The van der Waals surface area contributed by atoms with E-state index >= 15 is 0 Å². The van der Waals surface area contributed by atoms with Crippen molar-refractivity contribution < 1.29 is 0 Å². The van der Waals surface area contributed by atoms with Gasteiger partial charge in [-0.1, -0.05) is 30.4 Å². The lowest BCUT2D eigenvalue weighted by Crippen LogP contribution is -2.04. The van der Waals surface area contributed by atoms with Crippen LogP contribution in [0.15, 0.2) is 24.3 Å². The van der Waals surface area contributed by atoms with Gasteiger partial charge in [-0.05, 0) is 42.4 Å².